The van der Waals surface area contributed by atoms with Crippen LogP contribution in [0.15, 0.2) is 52.9 Å². The predicted molar refractivity (Wildman–Crippen MR) is 93.8 cm³/mol. The van der Waals surface area contributed by atoms with Crippen molar-refractivity contribution in [2.45, 2.75) is 19.8 Å². The third-order valence-corrected chi connectivity index (χ3v) is 4.37. The number of carbonyl (C=O) groups excluding carboxylic acids is 1. The van der Waals surface area contributed by atoms with Crippen molar-refractivity contribution in [2.75, 3.05) is 18.1 Å². The molecular weight excluding hydrogens is 302 g/mol. The van der Waals surface area contributed by atoms with E-state index in [4.69, 9.17) is 9.15 Å². The molecule has 0 bridgehead atoms. The molecule has 0 aliphatic carbocycles. The number of hydrogen-bond acceptors (Lipinski definition) is 3. The second-order valence-corrected chi connectivity index (χ2v) is 5.91. The summed E-state index contributed by atoms with van der Waals surface area (Å²) < 4.78 is 11.5. The highest BCUT2D eigenvalue weighted by Gasteiger charge is 2.26. The summed E-state index contributed by atoms with van der Waals surface area (Å²) in [5, 5.41) is 0.884. The van der Waals surface area contributed by atoms with Crippen molar-refractivity contribution in [1.82, 2.24) is 0 Å². The molecule has 4 heteroatoms. The Morgan fingerprint density at radius 1 is 1.21 bits per heavy atom. The van der Waals surface area contributed by atoms with Crippen LogP contribution < -0.4 is 9.64 Å². The molecule has 0 unspecified atom stereocenters. The first-order valence-corrected chi connectivity index (χ1v) is 8.33. The molecule has 0 spiro atoms. The quantitative estimate of drug-likeness (QED) is 0.717. The largest absolute Gasteiger partial charge is 0.490 e. The van der Waals surface area contributed by atoms with E-state index in [2.05, 4.69) is 6.07 Å². The van der Waals surface area contributed by atoms with Crippen molar-refractivity contribution in [1.29, 1.82) is 0 Å². The Hall–Kier alpha value is -2.75. The second kappa shape index (κ2) is 6.04. The molecule has 0 saturated heterocycles. The highest BCUT2D eigenvalue weighted by atomic mass is 16.5. The highest BCUT2D eigenvalue weighted by molar-refractivity contribution is 6.07. The van der Waals surface area contributed by atoms with Crippen LogP contribution in [0.25, 0.3) is 11.0 Å². The summed E-state index contributed by atoms with van der Waals surface area (Å²) >= 11 is 0. The van der Waals surface area contributed by atoms with Crippen molar-refractivity contribution < 1.29 is 13.9 Å². The third kappa shape index (κ3) is 2.44. The SMILES string of the molecule is CCOc1cccc2cc(C(=O)N3CCCc4ccccc43)oc12. The van der Waals surface area contributed by atoms with E-state index in [0.29, 0.717) is 30.2 Å². The van der Waals surface area contributed by atoms with Gasteiger partial charge in [-0.25, -0.2) is 0 Å². The van der Waals surface area contributed by atoms with Crippen LogP contribution in [0.2, 0.25) is 0 Å². The lowest BCUT2D eigenvalue weighted by Gasteiger charge is -2.28. The van der Waals surface area contributed by atoms with Crippen LogP contribution >= 0.6 is 0 Å². The number of furan rings is 1. The third-order valence-electron chi connectivity index (χ3n) is 4.37. The van der Waals surface area contributed by atoms with Crippen LogP contribution in [0.1, 0.15) is 29.5 Å². The van der Waals surface area contributed by atoms with E-state index in [-0.39, 0.29) is 5.91 Å². The molecule has 1 amide bonds. The zero-order chi connectivity index (χ0) is 16.5. The molecule has 0 saturated carbocycles. The molecule has 4 nitrogen and oxygen atoms in total. The summed E-state index contributed by atoms with van der Waals surface area (Å²) in [6.07, 6.45) is 1.97. The Morgan fingerprint density at radius 2 is 2.08 bits per heavy atom. The van der Waals surface area contributed by atoms with Gasteiger partial charge in [0.25, 0.3) is 5.91 Å². The monoisotopic (exact) mass is 321 g/mol. The van der Waals surface area contributed by atoms with Crippen molar-refractivity contribution >= 4 is 22.6 Å². The van der Waals surface area contributed by atoms with Gasteiger partial charge in [0.1, 0.15) is 0 Å². The summed E-state index contributed by atoms with van der Waals surface area (Å²) in [5.74, 6) is 0.933. The molecule has 1 aliphatic heterocycles. The van der Waals surface area contributed by atoms with E-state index in [0.717, 1.165) is 23.9 Å². The van der Waals surface area contributed by atoms with Crippen LogP contribution in [0.4, 0.5) is 5.69 Å². The van der Waals surface area contributed by atoms with Gasteiger partial charge in [-0.05, 0) is 43.5 Å². The van der Waals surface area contributed by atoms with Gasteiger partial charge in [0.2, 0.25) is 0 Å². The average molecular weight is 321 g/mol. The first-order chi connectivity index (χ1) is 11.8. The molecule has 0 N–H and O–H groups in total. The molecule has 122 valence electrons. The van der Waals surface area contributed by atoms with Crippen LogP contribution in [0.5, 0.6) is 5.75 Å². The molecule has 1 aromatic heterocycles. The summed E-state index contributed by atoms with van der Waals surface area (Å²) in [5.41, 5.74) is 2.83. The van der Waals surface area contributed by atoms with Crippen molar-refractivity contribution in [2.24, 2.45) is 0 Å². The van der Waals surface area contributed by atoms with Gasteiger partial charge in [-0.15, -0.1) is 0 Å². The van der Waals surface area contributed by atoms with Gasteiger partial charge in [-0.1, -0.05) is 30.3 Å². The number of para-hydroxylation sites is 2. The minimum atomic E-state index is -0.0965. The lowest BCUT2D eigenvalue weighted by molar-refractivity contribution is 0.0960. The highest BCUT2D eigenvalue weighted by Crippen LogP contribution is 2.32. The Kier molecular flexibility index (Phi) is 3.73. The topological polar surface area (TPSA) is 42.7 Å². The number of hydrogen-bond donors (Lipinski definition) is 0. The molecule has 3 aromatic rings. The van der Waals surface area contributed by atoms with E-state index in [9.17, 15) is 4.79 Å². The summed E-state index contributed by atoms with van der Waals surface area (Å²) in [6, 6.07) is 15.6. The number of amides is 1. The van der Waals surface area contributed by atoms with Crippen LogP contribution in [0.3, 0.4) is 0 Å². The van der Waals surface area contributed by atoms with Crippen LogP contribution in [-0.4, -0.2) is 19.1 Å². The van der Waals surface area contributed by atoms with Gasteiger partial charge >= 0.3 is 0 Å². The van der Waals surface area contributed by atoms with Gasteiger partial charge in [0, 0.05) is 17.6 Å². The van der Waals surface area contributed by atoms with E-state index in [1.807, 2.05) is 48.2 Å². The van der Waals surface area contributed by atoms with E-state index >= 15 is 0 Å². The number of aryl methyl sites for hydroxylation is 1. The molecule has 2 heterocycles. The lowest BCUT2D eigenvalue weighted by atomic mass is 10.0. The minimum Gasteiger partial charge on any atom is -0.490 e. The molecule has 0 atom stereocenters. The zero-order valence-corrected chi connectivity index (χ0v) is 13.6. The maximum absolute atomic E-state index is 13.0. The Balaban J connectivity index is 1.73. The minimum absolute atomic E-state index is 0.0965. The van der Waals surface area contributed by atoms with Crippen LogP contribution in [-0.2, 0) is 6.42 Å². The second-order valence-electron chi connectivity index (χ2n) is 5.91. The molecular formula is C20H19NO3. The number of nitrogens with zero attached hydrogens (tertiary/aromatic N) is 1. The van der Waals surface area contributed by atoms with E-state index in [1.165, 1.54) is 5.56 Å². The molecule has 0 fully saturated rings. The van der Waals surface area contributed by atoms with Crippen molar-refractivity contribution in [3.05, 3.63) is 59.9 Å². The summed E-state index contributed by atoms with van der Waals surface area (Å²) in [4.78, 5) is 14.8. The normalized spacial score (nSPS) is 13.8. The fraction of sp³-hybridized carbons (Fsp3) is 0.250. The van der Waals surface area contributed by atoms with Gasteiger partial charge in [-0.3, -0.25) is 4.79 Å². The van der Waals surface area contributed by atoms with E-state index < -0.39 is 0 Å². The summed E-state index contributed by atoms with van der Waals surface area (Å²) in [7, 11) is 0. The number of rotatable bonds is 3. The smallest absolute Gasteiger partial charge is 0.294 e. The molecule has 1 aliphatic rings. The molecule has 24 heavy (non-hydrogen) atoms. The maximum Gasteiger partial charge on any atom is 0.294 e. The summed E-state index contributed by atoms with van der Waals surface area (Å²) in [6.45, 7) is 3.20. The molecule has 4 rings (SSSR count). The molecule has 0 radical (unpaired) electrons. The fourth-order valence-corrected chi connectivity index (χ4v) is 3.29. The van der Waals surface area contributed by atoms with Crippen LogP contribution in [0, 0.1) is 0 Å². The Morgan fingerprint density at radius 3 is 2.96 bits per heavy atom. The van der Waals surface area contributed by atoms with Crippen molar-refractivity contribution in [3.8, 4) is 5.75 Å². The van der Waals surface area contributed by atoms with Gasteiger partial charge in [-0.2, -0.15) is 0 Å². The van der Waals surface area contributed by atoms with Crippen molar-refractivity contribution in [3.63, 3.8) is 0 Å². The average Bonchev–Trinajstić information content (AvgIpc) is 3.06. The molecule has 2 aromatic carbocycles. The zero-order valence-electron chi connectivity index (χ0n) is 13.6. The van der Waals surface area contributed by atoms with Gasteiger partial charge in [0.15, 0.2) is 17.1 Å². The van der Waals surface area contributed by atoms with E-state index in [1.54, 1.807) is 6.07 Å². The fourth-order valence-electron chi connectivity index (χ4n) is 3.29. The standard InChI is InChI=1S/C20H19NO3/c1-2-23-17-11-5-8-15-13-18(24-19(15)17)20(22)21-12-6-9-14-7-3-4-10-16(14)21/h3-5,7-8,10-11,13H,2,6,9,12H2,1H3. The number of anilines is 1. The maximum atomic E-state index is 13.0. The number of ether oxygens (including phenoxy) is 1. The number of carbonyl (C=O) groups is 1. The Labute approximate surface area is 140 Å². The predicted octanol–water partition coefficient (Wildman–Crippen LogP) is 4.42. The van der Waals surface area contributed by atoms with Gasteiger partial charge in [0.05, 0.1) is 6.61 Å². The number of fused-ring (bicyclic) bond motifs is 2. The van der Waals surface area contributed by atoms with Gasteiger partial charge < -0.3 is 14.1 Å². The first-order valence-electron chi connectivity index (χ1n) is 8.33. The Bertz CT molecular complexity index is 897. The number of benzene rings is 2. The lowest BCUT2D eigenvalue weighted by Crippen LogP contribution is -2.35. The first kappa shape index (κ1) is 14.8.